The van der Waals surface area contributed by atoms with E-state index in [2.05, 4.69) is 30.7 Å². The first-order valence-electron chi connectivity index (χ1n) is 6.77. The van der Waals surface area contributed by atoms with Gasteiger partial charge in [0.1, 0.15) is 16.8 Å². The summed E-state index contributed by atoms with van der Waals surface area (Å²) < 4.78 is 0. The quantitative estimate of drug-likeness (QED) is 0.765. The Morgan fingerprint density at radius 2 is 1.76 bits per heavy atom. The van der Waals surface area contributed by atoms with E-state index in [1.807, 2.05) is 36.2 Å². The molecule has 1 heterocycles. The first-order valence-corrected chi connectivity index (χ1v) is 7.52. The van der Waals surface area contributed by atoms with Crippen molar-refractivity contribution < 1.29 is 0 Å². The molecule has 0 aliphatic carbocycles. The van der Waals surface area contributed by atoms with Gasteiger partial charge in [0, 0.05) is 30.1 Å². The van der Waals surface area contributed by atoms with Crippen LogP contribution in [0.2, 0.25) is 10.2 Å². The van der Waals surface area contributed by atoms with Gasteiger partial charge in [0.05, 0.1) is 0 Å². The van der Waals surface area contributed by atoms with E-state index >= 15 is 0 Å². The Kier molecular flexibility index (Phi) is 4.74. The van der Waals surface area contributed by atoms with Crippen LogP contribution in [0, 0.1) is 0 Å². The molecule has 0 amide bonds. The minimum atomic E-state index is -0.148. The van der Waals surface area contributed by atoms with Crippen molar-refractivity contribution in [1.29, 1.82) is 0 Å². The topological polar surface area (TPSA) is 29.0 Å². The Labute approximate surface area is 135 Å². The maximum absolute atomic E-state index is 6.21. The molecule has 0 aliphatic rings. The molecule has 0 fully saturated rings. The number of anilines is 1. The fourth-order valence-electron chi connectivity index (χ4n) is 1.90. The third-order valence-corrected chi connectivity index (χ3v) is 3.67. The lowest BCUT2D eigenvalue weighted by Gasteiger charge is -2.22. The number of hydrogen-bond donors (Lipinski definition) is 0. The second-order valence-corrected chi connectivity index (χ2v) is 6.86. The summed E-state index contributed by atoms with van der Waals surface area (Å²) in [6.07, 6.45) is 0. The minimum absolute atomic E-state index is 0.148. The van der Waals surface area contributed by atoms with Crippen molar-refractivity contribution in [3.05, 3.63) is 51.9 Å². The summed E-state index contributed by atoms with van der Waals surface area (Å²) >= 11 is 12.3. The third-order valence-electron chi connectivity index (χ3n) is 3.11. The van der Waals surface area contributed by atoms with Gasteiger partial charge in [-0.15, -0.1) is 0 Å². The molecule has 0 bridgehead atoms. The Hall–Kier alpha value is -1.32. The fraction of sp³-hybridized carbons (Fsp3) is 0.375. The van der Waals surface area contributed by atoms with Crippen LogP contribution < -0.4 is 4.90 Å². The molecule has 1 aromatic heterocycles. The van der Waals surface area contributed by atoms with Crippen molar-refractivity contribution >= 4 is 29.0 Å². The van der Waals surface area contributed by atoms with Gasteiger partial charge in [-0.25, -0.2) is 9.97 Å². The standard InChI is InChI=1S/C16H19Cl2N3/c1-16(2,3)15-19-13(18)9-14(20-15)21(4)10-11-7-5-6-8-12(11)17/h5-9H,10H2,1-4H3. The lowest BCUT2D eigenvalue weighted by molar-refractivity contribution is 0.544. The predicted octanol–water partition coefficient (Wildman–Crippen LogP) is 4.72. The van der Waals surface area contributed by atoms with Gasteiger partial charge in [-0.05, 0) is 11.6 Å². The monoisotopic (exact) mass is 323 g/mol. The highest BCUT2D eigenvalue weighted by Gasteiger charge is 2.20. The molecule has 0 radical (unpaired) electrons. The van der Waals surface area contributed by atoms with Crippen LogP contribution >= 0.6 is 23.2 Å². The third kappa shape index (κ3) is 4.08. The van der Waals surface area contributed by atoms with Gasteiger partial charge in [0.25, 0.3) is 0 Å². The van der Waals surface area contributed by atoms with Crippen LogP contribution in [0.4, 0.5) is 5.82 Å². The summed E-state index contributed by atoms with van der Waals surface area (Å²) in [5.74, 6) is 1.52. The summed E-state index contributed by atoms with van der Waals surface area (Å²) in [6, 6.07) is 9.56. The maximum Gasteiger partial charge on any atom is 0.137 e. The summed E-state index contributed by atoms with van der Waals surface area (Å²) in [6.45, 7) is 6.86. The molecule has 0 saturated heterocycles. The van der Waals surface area contributed by atoms with Gasteiger partial charge >= 0.3 is 0 Å². The smallest absolute Gasteiger partial charge is 0.137 e. The SMILES string of the molecule is CN(Cc1ccccc1Cl)c1cc(Cl)nc(C(C)(C)C)n1. The zero-order valence-electron chi connectivity index (χ0n) is 12.7. The first-order chi connectivity index (χ1) is 9.77. The summed E-state index contributed by atoms with van der Waals surface area (Å²) in [5.41, 5.74) is 0.902. The molecule has 3 nitrogen and oxygen atoms in total. The average Bonchev–Trinajstić information content (AvgIpc) is 2.39. The molecule has 0 N–H and O–H groups in total. The summed E-state index contributed by atoms with van der Waals surface area (Å²) in [7, 11) is 1.97. The highest BCUT2D eigenvalue weighted by atomic mass is 35.5. The van der Waals surface area contributed by atoms with E-state index in [-0.39, 0.29) is 5.41 Å². The molecular formula is C16H19Cl2N3. The number of benzene rings is 1. The molecule has 1 aromatic carbocycles. The zero-order valence-corrected chi connectivity index (χ0v) is 14.2. The highest BCUT2D eigenvalue weighted by Crippen LogP contribution is 2.25. The second-order valence-electron chi connectivity index (χ2n) is 6.07. The van der Waals surface area contributed by atoms with Crippen molar-refractivity contribution in [2.45, 2.75) is 32.7 Å². The fourth-order valence-corrected chi connectivity index (χ4v) is 2.27. The molecule has 5 heteroatoms. The minimum Gasteiger partial charge on any atom is -0.355 e. The normalized spacial score (nSPS) is 11.5. The van der Waals surface area contributed by atoms with E-state index in [1.165, 1.54) is 0 Å². The molecule has 2 rings (SSSR count). The van der Waals surface area contributed by atoms with Gasteiger partial charge < -0.3 is 4.90 Å². The van der Waals surface area contributed by atoms with Crippen LogP contribution in [0.25, 0.3) is 0 Å². The van der Waals surface area contributed by atoms with Gasteiger partial charge in [0.2, 0.25) is 0 Å². The summed E-state index contributed by atoms with van der Waals surface area (Å²) in [4.78, 5) is 10.9. The average molecular weight is 324 g/mol. The molecule has 0 aliphatic heterocycles. The van der Waals surface area contributed by atoms with Crippen molar-refractivity contribution in [3.8, 4) is 0 Å². The van der Waals surface area contributed by atoms with Crippen LogP contribution in [0.15, 0.2) is 30.3 Å². The van der Waals surface area contributed by atoms with Gasteiger partial charge in [-0.3, -0.25) is 0 Å². The maximum atomic E-state index is 6.21. The molecular weight excluding hydrogens is 305 g/mol. The molecule has 0 atom stereocenters. The van der Waals surface area contributed by atoms with E-state index in [4.69, 9.17) is 23.2 Å². The largest absolute Gasteiger partial charge is 0.355 e. The first kappa shape index (κ1) is 16.1. The lowest BCUT2D eigenvalue weighted by atomic mass is 9.96. The number of aromatic nitrogens is 2. The number of rotatable bonds is 3. The molecule has 0 unspecified atom stereocenters. The number of halogens is 2. The second kappa shape index (κ2) is 6.20. The van der Waals surface area contributed by atoms with E-state index in [1.54, 1.807) is 6.07 Å². The van der Waals surface area contributed by atoms with E-state index in [0.29, 0.717) is 11.7 Å². The Balaban J connectivity index is 2.29. The van der Waals surface area contributed by atoms with Crippen LogP contribution in [0.1, 0.15) is 32.2 Å². The van der Waals surface area contributed by atoms with Crippen LogP contribution in [-0.2, 0) is 12.0 Å². The van der Waals surface area contributed by atoms with Crippen LogP contribution in [0.5, 0.6) is 0 Å². The van der Waals surface area contributed by atoms with Crippen molar-refractivity contribution in [2.24, 2.45) is 0 Å². The molecule has 0 spiro atoms. The summed E-state index contributed by atoms with van der Waals surface area (Å²) in [5, 5.41) is 1.21. The Morgan fingerprint density at radius 1 is 1.10 bits per heavy atom. The van der Waals surface area contributed by atoms with Gasteiger partial charge in [-0.2, -0.15) is 0 Å². The number of hydrogen-bond acceptors (Lipinski definition) is 3. The van der Waals surface area contributed by atoms with Gasteiger partial charge in [0.15, 0.2) is 0 Å². The molecule has 112 valence electrons. The Morgan fingerprint density at radius 3 is 2.38 bits per heavy atom. The van der Waals surface area contributed by atoms with E-state index in [0.717, 1.165) is 22.2 Å². The molecule has 2 aromatic rings. The van der Waals surface area contributed by atoms with Crippen LogP contribution in [0.3, 0.4) is 0 Å². The van der Waals surface area contributed by atoms with E-state index < -0.39 is 0 Å². The van der Waals surface area contributed by atoms with Crippen LogP contribution in [-0.4, -0.2) is 17.0 Å². The predicted molar refractivity (Wildman–Crippen MR) is 89.3 cm³/mol. The molecule has 21 heavy (non-hydrogen) atoms. The zero-order chi connectivity index (χ0) is 15.6. The number of nitrogens with zero attached hydrogens (tertiary/aromatic N) is 3. The molecule has 0 saturated carbocycles. The van der Waals surface area contributed by atoms with E-state index in [9.17, 15) is 0 Å². The Bertz CT molecular complexity index is 636. The lowest BCUT2D eigenvalue weighted by Crippen LogP contribution is -2.22. The highest BCUT2D eigenvalue weighted by molar-refractivity contribution is 6.31. The van der Waals surface area contributed by atoms with Gasteiger partial charge in [-0.1, -0.05) is 62.2 Å². The van der Waals surface area contributed by atoms with Crippen molar-refractivity contribution in [2.75, 3.05) is 11.9 Å². The van der Waals surface area contributed by atoms with Crippen molar-refractivity contribution in [1.82, 2.24) is 9.97 Å². The van der Waals surface area contributed by atoms with Crippen molar-refractivity contribution in [3.63, 3.8) is 0 Å².